The van der Waals surface area contributed by atoms with E-state index in [9.17, 15) is 9.59 Å². The number of amides is 1. The standard InChI is InChI=1S/C17H19N3O3/c1-17(2)9-13(10-17)23-16(22)18-12-5-3-11(4-6-12)14-7-8-15(21)20-19-14/h3-8,13H,9-10H2,1-2H3,(H,18,22)(H,20,21). The van der Waals surface area contributed by atoms with Gasteiger partial charge in [0, 0.05) is 17.3 Å². The third-order valence-corrected chi connectivity index (χ3v) is 3.94. The van der Waals surface area contributed by atoms with Crippen LogP contribution in [0.5, 0.6) is 0 Å². The molecule has 2 aromatic rings. The number of aromatic nitrogens is 2. The van der Waals surface area contributed by atoms with Crippen LogP contribution in [0.3, 0.4) is 0 Å². The van der Waals surface area contributed by atoms with Crippen LogP contribution in [0, 0.1) is 5.41 Å². The smallest absolute Gasteiger partial charge is 0.411 e. The minimum absolute atomic E-state index is 0.00890. The van der Waals surface area contributed by atoms with E-state index >= 15 is 0 Å². The van der Waals surface area contributed by atoms with E-state index in [-0.39, 0.29) is 17.1 Å². The number of H-pyrrole nitrogens is 1. The topological polar surface area (TPSA) is 84.1 Å². The molecule has 0 spiro atoms. The number of aromatic amines is 1. The van der Waals surface area contributed by atoms with Crippen LogP contribution in [-0.2, 0) is 4.74 Å². The molecule has 2 N–H and O–H groups in total. The van der Waals surface area contributed by atoms with Crippen molar-refractivity contribution < 1.29 is 9.53 Å². The Hall–Kier alpha value is -2.63. The first-order valence-electron chi connectivity index (χ1n) is 7.55. The largest absolute Gasteiger partial charge is 0.446 e. The van der Waals surface area contributed by atoms with E-state index < -0.39 is 6.09 Å². The Morgan fingerprint density at radius 1 is 1.22 bits per heavy atom. The Bertz CT molecular complexity index is 737. The second kappa shape index (κ2) is 5.87. The van der Waals surface area contributed by atoms with E-state index in [4.69, 9.17) is 4.74 Å². The first kappa shape index (κ1) is 15.3. The van der Waals surface area contributed by atoms with Crippen LogP contribution in [0.4, 0.5) is 10.5 Å². The van der Waals surface area contributed by atoms with Gasteiger partial charge in [0.1, 0.15) is 6.10 Å². The molecule has 0 saturated heterocycles. The highest BCUT2D eigenvalue weighted by Crippen LogP contribution is 2.41. The van der Waals surface area contributed by atoms with Gasteiger partial charge in [0.15, 0.2) is 0 Å². The maximum absolute atomic E-state index is 11.8. The van der Waals surface area contributed by atoms with E-state index in [1.165, 1.54) is 6.07 Å². The molecule has 3 rings (SSSR count). The van der Waals surface area contributed by atoms with E-state index in [0.717, 1.165) is 18.4 Å². The van der Waals surface area contributed by atoms with Crippen LogP contribution in [0.25, 0.3) is 11.3 Å². The summed E-state index contributed by atoms with van der Waals surface area (Å²) in [4.78, 5) is 22.8. The number of rotatable bonds is 3. The minimum atomic E-state index is -0.430. The Morgan fingerprint density at radius 2 is 1.91 bits per heavy atom. The fourth-order valence-electron chi connectivity index (χ4n) is 2.78. The molecule has 1 aromatic heterocycles. The van der Waals surface area contributed by atoms with Gasteiger partial charge in [0.2, 0.25) is 0 Å². The SMILES string of the molecule is CC1(C)CC(OC(=O)Nc2ccc(-c3ccc(=O)[nH]n3)cc2)C1. The predicted molar refractivity (Wildman–Crippen MR) is 87.2 cm³/mol. The molecule has 23 heavy (non-hydrogen) atoms. The van der Waals surface area contributed by atoms with Gasteiger partial charge in [-0.3, -0.25) is 10.1 Å². The molecule has 0 atom stereocenters. The van der Waals surface area contributed by atoms with E-state index in [1.807, 2.05) is 12.1 Å². The number of nitrogens with one attached hydrogen (secondary N) is 2. The Balaban J connectivity index is 1.58. The first-order valence-corrected chi connectivity index (χ1v) is 7.55. The van der Waals surface area contributed by atoms with Crippen molar-refractivity contribution in [2.45, 2.75) is 32.8 Å². The summed E-state index contributed by atoms with van der Waals surface area (Å²) >= 11 is 0. The molecular formula is C17H19N3O3. The van der Waals surface area contributed by atoms with E-state index in [2.05, 4.69) is 29.4 Å². The number of benzene rings is 1. The molecule has 6 heteroatoms. The lowest BCUT2D eigenvalue weighted by molar-refractivity contribution is -0.0171. The molecule has 0 aliphatic heterocycles. The fraction of sp³-hybridized carbons (Fsp3) is 0.353. The highest BCUT2D eigenvalue weighted by molar-refractivity contribution is 5.85. The average molecular weight is 313 g/mol. The molecule has 0 radical (unpaired) electrons. The Kier molecular flexibility index (Phi) is 3.90. The van der Waals surface area contributed by atoms with Crippen molar-refractivity contribution in [3.63, 3.8) is 0 Å². The van der Waals surface area contributed by atoms with Gasteiger partial charge >= 0.3 is 6.09 Å². The van der Waals surface area contributed by atoms with Gasteiger partial charge in [0.05, 0.1) is 5.69 Å². The van der Waals surface area contributed by atoms with Gasteiger partial charge in [-0.05, 0) is 36.5 Å². The molecule has 0 bridgehead atoms. The summed E-state index contributed by atoms with van der Waals surface area (Å²) in [5.41, 5.74) is 2.20. The Labute approximate surface area is 133 Å². The Morgan fingerprint density at radius 3 is 2.48 bits per heavy atom. The van der Waals surface area contributed by atoms with Gasteiger partial charge in [-0.25, -0.2) is 9.89 Å². The van der Waals surface area contributed by atoms with Crippen molar-refractivity contribution in [3.05, 3.63) is 46.8 Å². The molecule has 6 nitrogen and oxygen atoms in total. The van der Waals surface area contributed by atoms with Gasteiger partial charge in [-0.2, -0.15) is 5.10 Å². The predicted octanol–water partition coefficient (Wildman–Crippen LogP) is 3.17. The number of carbonyl (C=O) groups is 1. The number of ether oxygens (including phenoxy) is 1. The first-order chi connectivity index (χ1) is 10.9. The molecule has 1 aliphatic carbocycles. The van der Waals surface area contributed by atoms with Gasteiger partial charge < -0.3 is 4.74 Å². The zero-order chi connectivity index (χ0) is 16.4. The van der Waals surface area contributed by atoms with Crippen LogP contribution in [0.1, 0.15) is 26.7 Å². The number of hydrogen-bond donors (Lipinski definition) is 2. The molecule has 1 heterocycles. The maximum Gasteiger partial charge on any atom is 0.411 e. The van der Waals surface area contributed by atoms with Crippen LogP contribution in [0.15, 0.2) is 41.2 Å². The summed E-state index contributed by atoms with van der Waals surface area (Å²) < 4.78 is 5.35. The van der Waals surface area contributed by atoms with Crippen molar-refractivity contribution in [2.75, 3.05) is 5.32 Å². The van der Waals surface area contributed by atoms with Crippen molar-refractivity contribution in [3.8, 4) is 11.3 Å². The van der Waals surface area contributed by atoms with Crippen molar-refractivity contribution >= 4 is 11.8 Å². The molecule has 1 saturated carbocycles. The molecule has 1 fully saturated rings. The van der Waals surface area contributed by atoms with Crippen LogP contribution in [0.2, 0.25) is 0 Å². The summed E-state index contributed by atoms with van der Waals surface area (Å²) in [6.45, 7) is 4.32. The third kappa shape index (κ3) is 3.77. The van der Waals surface area contributed by atoms with Crippen molar-refractivity contribution in [2.24, 2.45) is 5.41 Å². The minimum Gasteiger partial charge on any atom is -0.446 e. The van der Waals surface area contributed by atoms with E-state index in [0.29, 0.717) is 11.4 Å². The van der Waals surface area contributed by atoms with Gasteiger partial charge in [-0.1, -0.05) is 26.0 Å². The lowest BCUT2D eigenvalue weighted by Crippen LogP contribution is -2.40. The highest BCUT2D eigenvalue weighted by Gasteiger charge is 2.38. The molecule has 0 unspecified atom stereocenters. The molecule has 1 aromatic carbocycles. The second-order valence-corrected chi connectivity index (χ2v) is 6.61. The third-order valence-electron chi connectivity index (χ3n) is 3.94. The summed E-state index contributed by atoms with van der Waals surface area (Å²) in [6.07, 6.45) is 1.38. The van der Waals surface area contributed by atoms with Gasteiger partial charge in [0.25, 0.3) is 5.56 Å². The lowest BCUT2D eigenvalue weighted by Gasteiger charge is -2.41. The maximum atomic E-state index is 11.8. The van der Waals surface area contributed by atoms with Gasteiger partial charge in [-0.15, -0.1) is 0 Å². The molecule has 120 valence electrons. The second-order valence-electron chi connectivity index (χ2n) is 6.61. The average Bonchev–Trinajstić information content (AvgIpc) is 2.47. The molecule has 1 amide bonds. The number of hydrogen-bond acceptors (Lipinski definition) is 4. The normalized spacial score (nSPS) is 16.4. The number of nitrogens with zero attached hydrogens (tertiary/aromatic N) is 1. The zero-order valence-corrected chi connectivity index (χ0v) is 13.1. The summed E-state index contributed by atoms with van der Waals surface area (Å²) in [6, 6.07) is 10.3. The fourth-order valence-corrected chi connectivity index (χ4v) is 2.78. The number of carbonyl (C=O) groups excluding carboxylic acids is 1. The van der Waals surface area contributed by atoms with Crippen LogP contribution < -0.4 is 10.9 Å². The summed E-state index contributed by atoms with van der Waals surface area (Å²) in [5, 5.41) is 9.07. The van der Waals surface area contributed by atoms with Crippen LogP contribution in [-0.4, -0.2) is 22.4 Å². The number of anilines is 1. The summed E-state index contributed by atoms with van der Waals surface area (Å²) in [5.74, 6) is 0. The highest BCUT2D eigenvalue weighted by atomic mass is 16.6. The molecular weight excluding hydrogens is 294 g/mol. The van der Waals surface area contributed by atoms with E-state index in [1.54, 1.807) is 18.2 Å². The summed E-state index contributed by atoms with van der Waals surface area (Å²) in [7, 11) is 0. The van der Waals surface area contributed by atoms with Crippen molar-refractivity contribution in [1.29, 1.82) is 0 Å². The monoisotopic (exact) mass is 313 g/mol. The lowest BCUT2D eigenvalue weighted by atomic mass is 9.70. The van der Waals surface area contributed by atoms with Crippen molar-refractivity contribution in [1.82, 2.24) is 10.2 Å². The van der Waals surface area contributed by atoms with Crippen LogP contribution >= 0.6 is 0 Å². The quantitative estimate of drug-likeness (QED) is 0.911. The zero-order valence-electron chi connectivity index (χ0n) is 13.1. The molecule has 1 aliphatic rings.